The van der Waals surface area contributed by atoms with Crippen LogP contribution in [0.2, 0.25) is 0 Å². The molecule has 0 aliphatic carbocycles. The van der Waals surface area contributed by atoms with Gasteiger partial charge < -0.3 is 5.32 Å². The number of thioether (sulfide) groups is 1. The van der Waals surface area contributed by atoms with E-state index in [1.165, 1.54) is 6.42 Å². The van der Waals surface area contributed by atoms with Crippen LogP contribution in [0, 0.1) is 0 Å². The van der Waals surface area contributed by atoms with Gasteiger partial charge in [-0.1, -0.05) is 0 Å². The summed E-state index contributed by atoms with van der Waals surface area (Å²) in [6.07, 6.45) is 2.31. The van der Waals surface area contributed by atoms with E-state index in [4.69, 9.17) is 0 Å². The fourth-order valence-corrected chi connectivity index (χ4v) is 5.01. The molecule has 2 fully saturated rings. The summed E-state index contributed by atoms with van der Waals surface area (Å²) in [5.74, 6) is 1.37. The van der Waals surface area contributed by atoms with E-state index in [0.717, 1.165) is 38.4 Å². The van der Waals surface area contributed by atoms with Crippen LogP contribution >= 0.6 is 11.8 Å². The van der Waals surface area contributed by atoms with E-state index in [-0.39, 0.29) is 10.5 Å². The monoisotopic (exact) mass is 307 g/mol. The van der Waals surface area contributed by atoms with Crippen molar-refractivity contribution in [3.63, 3.8) is 0 Å². The van der Waals surface area contributed by atoms with E-state index in [2.05, 4.69) is 21.9 Å². The van der Waals surface area contributed by atoms with Crippen LogP contribution in [0.5, 0.6) is 0 Å². The molecule has 0 saturated carbocycles. The number of piperazine rings is 1. The van der Waals surface area contributed by atoms with Crippen LogP contribution < -0.4 is 10.0 Å². The minimum atomic E-state index is -3.13. The lowest BCUT2D eigenvalue weighted by Crippen LogP contribution is -2.46. The highest BCUT2D eigenvalue weighted by Crippen LogP contribution is 2.37. The topological polar surface area (TPSA) is 61.4 Å². The Morgan fingerprint density at radius 1 is 1.37 bits per heavy atom. The molecule has 0 bridgehead atoms. The maximum Gasteiger partial charge on any atom is 0.212 e. The minimum absolute atomic E-state index is 0.0993. The van der Waals surface area contributed by atoms with Gasteiger partial charge in [0, 0.05) is 44.0 Å². The third kappa shape index (κ3) is 5.23. The van der Waals surface area contributed by atoms with Gasteiger partial charge in [-0.25, -0.2) is 13.1 Å². The lowest BCUT2D eigenvalue weighted by molar-refractivity contribution is 0.253. The molecule has 112 valence electrons. The summed E-state index contributed by atoms with van der Waals surface area (Å²) in [5, 5.41) is 3.27. The second-order valence-corrected chi connectivity index (χ2v) is 9.24. The molecular formula is C12H25N3O2S2. The molecule has 0 amide bonds. The fourth-order valence-electron chi connectivity index (χ4n) is 2.50. The lowest BCUT2D eigenvalue weighted by atomic mass is 10.1. The van der Waals surface area contributed by atoms with Crippen molar-refractivity contribution in [2.24, 2.45) is 0 Å². The molecule has 19 heavy (non-hydrogen) atoms. The number of sulfonamides is 1. The van der Waals surface area contributed by atoms with E-state index in [1.807, 2.05) is 11.8 Å². The van der Waals surface area contributed by atoms with Crippen molar-refractivity contribution >= 4 is 21.8 Å². The lowest BCUT2D eigenvalue weighted by Gasteiger charge is -2.27. The van der Waals surface area contributed by atoms with Gasteiger partial charge in [0.1, 0.15) is 0 Å². The average Bonchev–Trinajstić information content (AvgIpc) is 2.84. The van der Waals surface area contributed by atoms with Gasteiger partial charge in [-0.3, -0.25) is 4.90 Å². The number of hydrogen-bond acceptors (Lipinski definition) is 5. The van der Waals surface area contributed by atoms with Gasteiger partial charge in [0.05, 0.1) is 5.75 Å². The van der Waals surface area contributed by atoms with Crippen LogP contribution in [0.25, 0.3) is 0 Å². The highest BCUT2D eigenvalue weighted by Gasteiger charge is 2.30. The second kappa shape index (κ2) is 6.76. The molecular weight excluding hydrogens is 282 g/mol. The Balaban J connectivity index is 1.72. The van der Waals surface area contributed by atoms with E-state index in [1.54, 1.807) is 0 Å². The smallest absolute Gasteiger partial charge is 0.212 e. The summed E-state index contributed by atoms with van der Waals surface area (Å²) in [5.41, 5.74) is 0. The molecule has 2 aliphatic rings. The molecule has 0 radical (unpaired) electrons. The quantitative estimate of drug-likeness (QED) is 0.729. The maximum atomic E-state index is 12.0. The number of hydrogen-bond donors (Lipinski definition) is 2. The Kier molecular flexibility index (Phi) is 5.54. The van der Waals surface area contributed by atoms with E-state index in [9.17, 15) is 8.42 Å². The van der Waals surface area contributed by atoms with Gasteiger partial charge in [-0.05, 0) is 25.5 Å². The summed E-state index contributed by atoms with van der Waals surface area (Å²) < 4.78 is 26.9. The molecule has 0 aromatic rings. The van der Waals surface area contributed by atoms with Gasteiger partial charge in [0.15, 0.2) is 0 Å². The largest absolute Gasteiger partial charge is 0.314 e. The van der Waals surface area contributed by atoms with Crippen LogP contribution in [-0.4, -0.2) is 68.8 Å². The van der Waals surface area contributed by atoms with Crippen molar-refractivity contribution in [1.82, 2.24) is 14.9 Å². The van der Waals surface area contributed by atoms with Gasteiger partial charge in [0.2, 0.25) is 10.0 Å². The highest BCUT2D eigenvalue weighted by atomic mass is 32.2. The molecule has 2 N–H and O–H groups in total. The Hall–Kier alpha value is 0.180. The van der Waals surface area contributed by atoms with E-state index >= 15 is 0 Å². The van der Waals surface area contributed by atoms with Gasteiger partial charge in [0.25, 0.3) is 0 Å². The Morgan fingerprint density at radius 3 is 2.74 bits per heavy atom. The summed E-state index contributed by atoms with van der Waals surface area (Å²) in [7, 11) is -3.13. The summed E-state index contributed by atoms with van der Waals surface area (Å²) in [6.45, 7) is 7.18. The van der Waals surface area contributed by atoms with Crippen LogP contribution in [-0.2, 0) is 10.0 Å². The third-order valence-electron chi connectivity index (χ3n) is 3.85. The normalized spacial score (nSPS) is 29.7. The third-order valence-corrected chi connectivity index (χ3v) is 6.69. The molecule has 5 nitrogen and oxygen atoms in total. The SMILES string of the molecule is CC1(CNS(=O)(=O)CCN2CCNCC2)CCCS1. The zero-order valence-corrected chi connectivity index (χ0v) is 13.3. The van der Waals surface area contributed by atoms with Crippen molar-refractivity contribution in [2.45, 2.75) is 24.5 Å². The number of rotatable bonds is 6. The van der Waals surface area contributed by atoms with E-state index in [0.29, 0.717) is 13.1 Å². The fraction of sp³-hybridized carbons (Fsp3) is 1.00. The predicted octanol–water partition coefficient (Wildman–Crippen LogP) is 0.0967. The van der Waals surface area contributed by atoms with E-state index < -0.39 is 10.0 Å². The zero-order chi connectivity index (χ0) is 13.8. The van der Waals surface area contributed by atoms with Crippen molar-refractivity contribution in [3.05, 3.63) is 0 Å². The molecule has 2 saturated heterocycles. The molecule has 0 aromatic heterocycles. The molecule has 1 atom stereocenters. The van der Waals surface area contributed by atoms with Crippen LogP contribution in [0.1, 0.15) is 19.8 Å². The number of nitrogens with one attached hydrogen (secondary N) is 2. The Labute approximate surface area is 120 Å². The molecule has 0 spiro atoms. The maximum absolute atomic E-state index is 12.0. The average molecular weight is 307 g/mol. The standard InChI is InChI=1S/C12H25N3O2S2/c1-12(3-2-9-18-12)11-14-19(16,17)10-8-15-6-4-13-5-7-15/h13-14H,2-11H2,1H3. The summed E-state index contributed by atoms with van der Waals surface area (Å²) in [4.78, 5) is 2.21. The molecule has 2 aliphatic heterocycles. The first kappa shape index (κ1) is 15.6. The van der Waals surface area contributed by atoms with Gasteiger partial charge in [-0.2, -0.15) is 11.8 Å². The first-order valence-electron chi connectivity index (χ1n) is 7.04. The van der Waals surface area contributed by atoms with Crippen molar-refractivity contribution < 1.29 is 8.42 Å². The summed E-state index contributed by atoms with van der Waals surface area (Å²) >= 11 is 1.89. The molecule has 2 heterocycles. The van der Waals surface area contributed by atoms with Crippen LogP contribution in [0.15, 0.2) is 0 Å². The molecule has 1 unspecified atom stereocenters. The van der Waals surface area contributed by atoms with Crippen LogP contribution in [0.4, 0.5) is 0 Å². The Bertz CT molecular complexity index is 374. The predicted molar refractivity (Wildman–Crippen MR) is 81.2 cm³/mol. The molecule has 7 heteroatoms. The molecule has 0 aromatic carbocycles. The minimum Gasteiger partial charge on any atom is -0.314 e. The Morgan fingerprint density at radius 2 is 2.11 bits per heavy atom. The molecule has 2 rings (SSSR count). The van der Waals surface area contributed by atoms with Crippen molar-refractivity contribution in [2.75, 3.05) is 50.8 Å². The highest BCUT2D eigenvalue weighted by molar-refractivity contribution is 8.01. The van der Waals surface area contributed by atoms with Gasteiger partial charge in [-0.15, -0.1) is 0 Å². The van der Waals surface area contributed by atoms with Gasteiger partial charge >= 0.3 is 0 Å². The number of nitrogens with zero attached hydrogens (tertiary/aromatic N) is 1. The first-order valence-corrected chi connectivity index (χ1v) is 9.67. The zero-order valence-electron chi connectivity index (χ0n) is 11.7. The van der Waals surface area contributed by atoms with Crippen LogP contribution in [0.3, 0.4) is 0 Å². The second-order valence-electron chi connectivity index (χ2n) is 5.63. The summed E-state index contributed by atoms with van der Waals surface area (Å²) in [6, 6.07) is 0. The van der Waals surface area contributed by atoms with Crippen molar-refractivity contribution in [1.29, 1.82) is 0 Å². The first-order chi connectivity index (χ1) is 8.99. The van der Waals surface area contributed by atoms with Crippen molar-refractivity contribution in [3.8, 4) is 0 Å².